The van der Waals surface area contributed by atoms with Gasteiger partial charge in [0.2, 0.25) is 10.0 Å². The number of rotatable bonds is 4. The highest BCUT2D eigenvalue weighted by Crippen LogP contribution is 2.36. The van der Waals surface area contributed by atoms with E-state index in [0.29, 0.717) is 42.8 Å². The van der Waals surface area contributed by atoms with Gasteiger partial charge in [0.1, 0.15) is 10.7 Å². The van der Waals surface area contributed by atoms with Gasteiger partial charge < -0.3 is 4.98 Å². The third-order valence-corrected chi connectivity index (χ3v) is 9.84. The number of nitrogens with zero attached hydrogens (tertiary/aromatic N) is 3. The number of aromatic amines is 1. The standard InChI is InChI=1S/C23H28N4O3S2/c1-15-8-9-18-19(14-15)31-23-20(18)22(28)24-21(25-23)16(2)26-10-12-27(13-11-26)32(29,30)17-6-4-3-5-7-17/h3-7,15-16H,8-14H2,1-2H3,(H,24,25,28)/t15-,16-/m0/s1. The second-order valence-corrected chi connectivity index (χ2v) is 11.9. The van der Waals surface area contributed by atoms with Gasteiger partial charge in [-0.3, -0.25) is 9.69 Å². The molecular weight excluding hydrogens is 444 g/mol. The molecule has 1 aliphatic heterocycles. The predicted molar refractivity (Wildman–Crippen MR) is 127 cm³/mol. The van der Waals surface area contributed by atoms with Crippen molar-refractivity contribution in [3.05, 3.63) is 57.0 Å². The fraction of sp³-hybridized carbons (Fsp3) is 0.478. The molecule has 1 saturated heterocycles. The third-order valence-electron chi connectivity index (χ3n) is 6.78. The fourth-order valence-corrected chi connectivity index (χ4v) is 7.64. The van der Waals surface area contributed by atoms with Gasteiger partial charge in [-0.05, 0) is 49.8 Å². The van der Waals surface area contributed by atoms with E-state index in [1.54, 1.807) is 39.9 Å². The van der Waals surface area contributed by atoms with Crippen molar-refractivity contribution in [3.63, 3.8) is 0 Å². The topological polar surface area (TPSA) is 86.4 Å². The number of sulfonamides is 1. The van der Waals surface area contributed by atoms with Crippen LogP contribution >= 0.6 is 11.3 Å². The first-order valence-electron chi connectivity index (χ1n) is 11.2. The summed E-state index contributed by atoms with van der Waals surface area (Å²) < 4.78 is 27.3. The highest BCUT2D eigenvalue weighted by atomic mass is 32.2. The Morgan fingerprint density at radius 3 is 2.59 bits per heavy atom. The van der Waals surface area contributed by atoms with Gasteiger partial charge >= 0.3 is 0 Å². The minimum atomic E-state index is -3.48. The maximum absolute atomic E-state index is 12.9. The number of thiophene rings is 1. The van der Waals surface area contributed by atoms with Crippen LogP contribution in [0.2, 0.25) is 0 Å². The Labute approximate surface area is 192 Å². The van der Waals surface area contributed by atoms with Crippen LogP contribution in [0.1, 0.15) is 42.6 Å². The van der Waals surface area contributed by atoms with E-state index in [1.165, 1.54) is 10.4 Å². The van der Waals surface area contributed by atoms with Crippen molar-refractivity contribution in [1.29, 1.82) is 0 Å². The van der Waals surface area contributed by atoms with Crippen LogP contribution in [0.5, 0.6) is 0 Å². The molecule has 1 N–H and O–H groups in total. The summed E-state index contributed by atoms with van der Waals surface area (Å²) in [7, 11) is -3.48. The SMILES string of the molecule is C[C@H]1CCc2c(sc3nc([C@H](C)N4CCN(S(=O)(=O)c5ccccc5)CC4)[nH]c(=O)c23)C1. The average Bonchev–Trinajstić information content (AvgIpc) is 3.17. The van der Waals surface area contributed by atoms with Crippen molar-refractivity contribution in [2.24, 2.45) is 5.92 Å². The van der Waals surface area contributed by atoms with Crippen LogP contribution in [0, 0.1) is 5.92 Å². The number of benzene rings is 1. The summed E-state index contributed by atoms with van der Waals surface area (Å²) >= 11 is 1.66. The Balaban J connectivity index is 1.34. The Bertz CT molecular complexity index is 1290. The molecular formula is C23H28N4O3S2. The van der Waals surface area contributed by atoms with E-state index in [-0.39, 0.29) is 11.6 Å². The lowest BCUT2D eigenvalue weighted by Gasteiger charge is -2.36. The first kappa shape index (κ1) is 21.8. The van der Waals surface area contributed by atoms with Crippen molar-refractivity contribution >= 4 is 31.6 Å². The van der Waals surface area contributed by atoms with Crippen molar-refractivity contribution < 1.29 is 8.42 Å². The number of nitrogens with one attached hydrogen (secondary N) is 1. The molecule has 0 bridgehead atoms. The van der Waals surface area contributed by atoms with Gasteiger partial charge in [0.25, 0.3) is 5.56 Å². The summed E-state index contributed by atoms with van der Waals surface area (Å²) in [5.74, 6) is 1.31. The molecule has 0 radical (unpaired) electrons. The average molecular weight is 473 g/mol. The van der Waals surface area contributed by atoms with Gasteiger partial charge in [-0.1, -0.05) is 25.1 Å². The van der Waals surface area contributed by atoms with Gasteiger partial charge in [-0.15, -0.1) is 11.3 Å². The lowest BCUT2D eigenvalue weighted by atomic mass is 9.89. The number of hydrogen-bond donors (Lipinski definition) is 1. The van der Waals surface area contributed by atoms with Crippen LogP contribution in [0.3, 0.4) is 0 Å². The van der Waals surface area contributed by atoms with Gasteiger partial charge in [-0.2, -0.15) is 4.31 Å². The largest absolute Gasteiger partial charge is 0.309 e. The minimum absolute atomic E-state index is 0.0470. The molecule has 0 unspecified atom stereocenters. The third kappa shape index (κ3) is 3.81. The van der Waals surface area contributed by atoms with E-state index in [2.05, 4.69) is 16.8 Å². The summed E-state index contributed by atoms with van der Waals surface area (Å²) in [5, 5.41) is 0.770. The van der Waals surface area contributed by atoms with Gasteiger partial charge in [0, 0.05) is 31.1 Å². The zero-order valence-corrected chi connectivity index (χ0v) is 20.0. The number of aryl methyl sites for hydroxylation is 1. The molecule has 3 heterocycles. The number of aromatic nitrogens is 2. The predicted octanol–water partition coefficient (Wildman–Crippen LogP) is 3.18. The van der Waals surface area contributed by atoms with Crippen LogP contribution in [-0.4, -0.2) is 53.8 Å². The summed E-state index contributed by atoms with van der Waals surface area (Å²) in [6.07, 6.45) is 3.10. The Hall–Kier alpha value is -2.07. The van der Waals surface area contributed by atoms with E-state index in [4.69, 9.17) is 4.98 Å². The number of fused-ring (bicyclic) bond motifs is 3. The quantitative estimate of drug-likeness (QED) is 0.630. The summed E-state index contributed by atoms with van der Waals surface area (Å²) in [6.45, 7) is 6.30. The molecule has 2 aromatic heterocycles. The monoisotopic (exact) mass is 472 g/mol. The molecule has 2 aliphatic rings. The molecule has 2 atom stereocenters. The smallest absolute Gasteiger partial charge is 0.259 e. The fourth-order valence-electron chi connectivity index (χ4n) is 4.81. The highest BCUT2D eigenvalue weighted by molar-refractivity contribution is 7.89. The number of hydrogen-bond acceptors (Lipinski definition) is 6. The zero-order valence-electron chi connectivity index (χ0n) is 18.4. The molecule has 32 heavy (non-hydrogen) atoms. The first-order valence-corrected chi connectivity index (χ1v) is 13.4. The van der Waals surface area contributed by atoms with Crippen LogP contribution in [0.15, 0.2) is 40.0 Å². The molecule has 1 aliphatic carbocycles. The van der Waals surface area contributed by atoms with Crippen molar-refractivity contribution in [1.82, 2.24) is 19.2 Å². The summed E-state index contributed by atoms with van der Waals surface area (Å²) in [4.78, 5) is 25.5. The van der Waals surface area contributed by atoms with Crippen LogP contribution in [0.25, 0.3) is 10.2 Å². The van der Waals surface area contributed by atoms with E-state index in [0.717, 1.165) is 29.5 Å². The van der Waals surface area contributed by atoms with Gasteiger partial charge in [0.05, 0.1) is 16.3 Å². The maximum atomic E-state index is 12.9. The summed E-state index contributed by atoms with van der Waals surface area (Å²) in [6, 6.07) is 8.48. The molecule has 170 valence electrons. The van der Waals surface area contributed by atoms with E-state index >= 15 is 0 Å². The van der Waals surface area contributed by atoms with Gasteiger partial charge in [-0.25, -0.2) is 13.4 Å². The second-order valence-electron chi connectivity index (χ2n) is 8.91. The van der Waals surface area contributed by atoms with E-state index in [9.17, 15) is 13.2 Å². The molecule has 1 aromatic carbocycles. The molecule has 3 aromatic rings. The molecule has 7 nitrogen and oxygen atoms in total. The molecule has 9 heteroatoms. The van der Waals surface area contributed by atoms with Gasteiger partial charge in [0.15, 0.2) is 0 Å². The van der Waals surface area contributed by atoms with Crippen LogP contribution in [-0.2, 0) is 22.9 Å². The normalized spacial score (nSPS) is 21.5. The van der Waals surface area contributed by atoms with Crippen molar-refractivity contribution in [2.75, 3.05) is 26.2 Å². The molecule has 0 saturated carbocycles. The Morgan fingerprint density at radius 1 is 1.16 bits per heavy atom. The summed E-state index contributed by atoms with van der Waals surface area (Å²) in [5.41, 5.74) is 1.14. The zero-order chi connectivity index (χ0) is 22.5. The molecule has 0 spiro atoms. The number of piperazine rings is 1. The molecule has 5 rings (SSSR count). The van der Waals surface area contributed by atoms with E-state index < -0.39 is 10.0 Å². The van der Waals surface area contributed by atoms with Crippen molar-refractivity contribution in [3.8, 4) is 0 Å². The van der Waals surface area contributed by atoms with E-state index in [1.807, 2.05) is 13.0 Å². The lowest BCUT2D eigenvalue weighted by Crippen LogP contribution is -2.49. The van der Waals surface area contributed by atoms with Crippen LogP contribution in [0.4, 0.5) is 0 Å². The molecule has 1 fully saturated rings. The molecule has 0 amide bonds. The lowest BCUT2D eigenvalue weighted by molar-refractivity contribution is 0.141. The first-order chi connectivity index (χ1) is 15.3. The second kappa shape index (κ2) is 8.37. The Morgan fingerprint density at radius 2 is 1.88 bits per heavy atom. The van der Waals surface area contributed by atoms with Crippen LogP contribution < -0.4 is 5.56 Å². The maximum Gasteiger partial charge on any atom is 0.259 e. The number of H-pyrrole nitrogens is 1. The Kier molecular flexibility index (Phi) is 5.69. The minimum Gasteiger partial charge on any atom is -0.309 e. The highest BCUT2D eigenvalue weighted by Gasteiger charge is 2.31. The van der Waals surface area contributed by atoms with Crippen molar-refractivity contribution in [2.45, 2.75) is 44.0 Å².